The van der Waals surface area contributed by atoms with Gasteiger partial charge in [0, 0.05) is 18.7 Å². The normalized spacial score (nSPS) is 15.3. The fraction of sp³-hybridized carbons (Fsp3) is 0.333. The molecule has 0 saturated carbocycles. The molecule has 11 heteroatoms. The van der Waals surface area contributed by atoms with Gasteiger partial charge in [-0.2, -0.15) is 0 Å². The predicted octanol–water partition coefficient (Wildman–Crippen LogP) is 3.53. The molecule has 2 atom stereocenters. The van der Waals surface area contributed by atoms with Crippen LogP contribution in [0.2, 0.25) is 0 Å². The van der Waals surface area contributed by atoms with Gasteiger partial charge in [-0.1, -0.05) is 41.6 Å². The van der Waals surface area contributed by atoms with Crippen molar-refractivity contribution >= 4 is 28.5 Å². The number of carbonyl (C=O) groups is 2. The lowest BCUT2D eigenvalue weighted by Gasteiger charge is -2.33. The summed E-state index contributed by atoms with van der Waals surface area (Å²) in [5.74, 6) is 0.368. The van der Waals surface area contributed by atoms with Crippen molar-refractivity contribution < 1.29 is 28.5 Å². The maximum Gasteiger partial charge on any atom is 0.249 e. The van der Waals surface area contributed by atoms with Crippen LogP contribution in [0.5, 0.6) is 17.2 Å². The topological polar surface area (TPSA) is 117 Å². The van der Waals surface area contributed by atoms with E-state index in [1.165, 1.54) is 30.9 Å². The van der Waals surface area contributed by atoms with Crippen molar-refractivity contribution in [2.45, 2.75) is 31.5 Å². The Morgan fingerprint density at radius 1 is 1.00 bits per heavy atom. The number of anilines is 1. The van der Waals surface area contributed by atoms with Crippen LogP contribution in [0.25, 0.3) is 11.0 Å². The fourth-order valence-electron chi connectivity index (χ4n) is 5.13. The van der Waals surface area contributed by atoms with Gasteiger partial charge >= 0.3 is 0 Å². The molecule has 0 bridgehead atoms. The number of para-hydroxylation sites is 4. The predicted molar refractivity (Wildman–Crippen MR) is 152 cm³/mol. The first-order chi connectivity index (χ1) is 20.0. The Labute approximate surface area is 237 Å². The van der Waals surface area contributed by atoms with Crippen molar-refractivity contribution in [2.24, 2.45) is 0 Å². The summed E-state index contributed by atoms with van der Waals surface area (Å²) < 4.78 is 24.2. The molecule has 11 nitrogen and oxygen atoms in total. The van der Waals surface area contributed by atoms with Crippen LogP contribution >= 0.6 is 0 Å². The molecule has 1 fully saturated rings. The van der Waals surface area contributed by atoms with Crippen LogP contribution in [0.3, 0.4) is 0 Å². The molecule has 4 aromatic rings. The van der Waals surface area contributed by atoms with Gasteiger partial charge in [0.25, 0.3) is 0 Å². The van der Waals surface area contributed by atoms with E-state index >= 15 is 0 Å². The number of ether oxygens (including phenoxy) is 4. The van der Waals surface area contributed by atoms with E-state index in [2.05, 4.69) is 15.6 Å². The second-order valence-corrected chi connectivity index (χ2v) is 9.54. The maximum atomic E-state index is 14.4. The molecule has 41 heavy (non-hydrogen) atoms. The van der Waals surface area contributed by atoms with Gasteiger partial charge in [0.15, 0.2) is 11.5 Å². The number of hydrogen-bond donors (Lipinski definition) is 1. The number of methoxy groups -OCH3 is 3. The van der Waals surface area contributed by atoms with Gasteiger partial charge in [0.2, 0.25) is 11.8 Å². The van der Waals surface area contributed by atoms with Gasteiger partial charge in [-0.05, 0) is 43.2 Å². The molecule has 214 valence electrons. The third kappa shape index (κ3) is 5.80. The summed E-state index contributed by atoms with van der Waals surface area (Å²) in [6.45, 7) is 0.787. The SMILES string of the molecule is COc1ccccc1N(C(=O)Cn1nnc2ccccc21)[C@H](C(=O)NC[C@H]1CCCO1)c1cccc(OC)c1OC. The Morgan fingerprint density at radius 3 is 2.51 bits per heavy atom. The Kier molecular flexibility index (Phi) is 8.64. The van der Waals surface area contributed by atoms with Crippen LogP contribution in [0.15, 0.2) is 66.7 Å². The molecule has 1 saturated heterocycles. The summed E-state index contributed by atoms with van der Waals surface area (Å²) in [6.07, 6.45) is 1.69. The molecule has 1 aliphatic heterocycles. The second-order valence-electron chi connectivity index (χ2n) is 9.54. The first kappa shape index (κ1) is 27.9. The molecule has 2 amide bonds. The summed E-state index contributed by atoms with van der Waals surface area (Å²) in [4.78, 5) is 30.0. The quantitative estimate of drug-likeness (QED) is 0.297. The van der Waals surface area contributed by atoms with Gasteiger partial charge < -0.3 is 24.3 Å². The standard InChI is InChI=1S/C30H33N5O6/c1-38-25-15-7-6-14-24(25)35(27(36)19-34-23-13-5-4-12-22(23)32-33-34)28(30(37)31-18-20-10-9-17-41-20)21-11-8-16-26(39-2)29(21)40-3/h4-8,11-16,20,28H,9-10,17-19H2,1-3H3,(H,31,37)/t20-,28+/m1/s1. The average molecular weight is 560 g/mol. The highest BCUT2D eigenvalue weighted by atomic mass is 16.5. The monoisotopic (exact) mass is 559 g/mol. The highest BCUT2D eigenvalue weighted by molar-refractivity contribution is 6.03. The average Bonchev–Trinajstić information content (AvgIpc) is 3.68. The zero-order valence-corrected chi connectivity index (χ0v) is 23.3. The smallest absolute Gasteiger partial charge is 0.249 e. The van der Waals surface area contributed by atoms with E-state index in [-0.39, 0.29) is 12.6 Å². The van der Waals surface area contributed by atoms with Crippen molar-refractivity contribution in [3.63, 3.8) is 0 Å². The van der Waals surface area contributed by atoms with Crippen LogP contribution in [-0.4, -0.2) is 67.4 Å². The van der Waals surface area contributed by atoms with E-state index in [1.807, 2.05) is 24.3 Å². The van der Waals surface area contributed by atoms with E-state index in [0.717, 1.165) is 12.8 Å². The molecule has 2 heterocycles. The summed E-state index contributed by atoms with van der Waals surface area (Å²) in [5.41, 5.74) is 2.20. The highest BCUT2D eigenvalue weighted by Gasteiger charge is 2.37. The summed E-state index contributed by atoms with van der Waals surface area (Å²) >= 11 is 0. The summed E-state index contributed by atoms with van der Waals surface area (Å²) in [7, 11) is 4.54. The molecular formula is C30H33N5O6. The third-order valence-corrected chi connectivity index (χ3v) is 7.08. The number of rotatable bonds is 11. The van der Waals surface area contributed by atoms with Crippen molar-refractivity contribution in [1.82, 2.24) is 20.3 Å². The van der Waals surface area contributed by atoms with Crippen molar-refractivity contribution in [2.75, 3.05) is 39.4 Å². The van der Waals surface area contributed by atoms with Crippen LogP contribution < -0.4 is 24.4 Å². The number of carbonyl (C=O) groups excluding carboxylic acids is 2. The third-order valence-electron chi connectivity index (χ3n) is 7.08. The van der Waals surface area contributed by atoms with Gasteiger partial charge in [-0.25, -0.2) is 4.68 Å². The molecule has 0 unspecified atom stereocenters. The molecular weight excluding hydrogens is 526 g/mol. The van der Waals surface area contributed by atoms with Crippen molar-refractivity contribution in [3.05, 3.63) is 72.3 Å². The number of fused-ring (bicyclic) bond motifs is 1. The first-order valence-electron chi connectivity index (χ1n) is 13.4. The van der Waals surface area contributed by atoms with Crippen LogP contribution in [0.4, 0.5) is 5.69 Å². The molecule has 0 aliphatic carbocycles. The molecule has 1 N–H and O–H groups in total. The van der Waals surface area contributed by atoms with E-state index in [4.69, 9.17) is 18.9 Å². The fourth-order valence-corrected chi connectivity index (χ4v) is 5.13. The Balaban J connectivity index is 1.63. The van der Waals surface area contributed by atoms with E-state index < -0.39 is 17.9 Å². The van der Waals surface area contributed by atoms with Gasteiger partial charge in [0.05, 0.1) is 38.6 Å². The first-order valence-corrected chi connectivity index (χ1v) is 13.4. The highest BCUT2D eigenvalue weighted by Crippen LogP contribution is 2.41. The van der Waals surface area contributed by atoms with E-state index in [0.29, 0.717) is 52.7 Å². The lowest BCUT2D eigenvalue weighted by molar-refractivity contribution is -0.127. The molecule has 0 spiro atoms. The molecule has 5 rings (SSSR count). The van der Waals surface area contributed by atoms with E-state index in [9.17, 15) is 9.59 Å². The summed E-state index contributed by atoms with van der Waals surface area (Å²) in [6, 6.07) is 18.5. The molecule has 3 aromatic carbocycles. The number of nitrogens with one attached hydrogen (secondary N) is 1. The number of aromatic nitrogens is 3. The van der Waals surface area contributed by atoms with Crippen LogP contribution in [-0.2, 0) is 20.9 Å². The maximum absolute atomic E-state index is 14.4. The van der Waals surface area contributed by atoms with Crippen molar-refractivity contribution in [3.8, 4) is 17.2 Å². The van der Waals surface area contributed by atoms with Gasteiger partial charge in [0.1, 0.15) is 23.9 Å². The van der Waals surface area contributed by atoms with Gasteiger partial charge in [-0.15, -0.1) is 5.10 Å². The number of amides is 2. The minimum absolute atomic E-state index is 0.0938. The largest absolute Gasteiger partial charge is 0.495 e. The Hall–Kier alpha value is -4.64. The molecule has 0 radical (unpaired) electrons. The minimum Gasteiger partial charge on any atom is -0.495 e. The lowest BCUT2D eigenvalue weighted by Crippen LogP contribution is -2.47. The lowest BCUT2D eigenvalue weighted by atomic mass is 10.0. The van der Waals surface area contributed by atoms with Crippen molar-refractivity contribution in [1.29, 1.82) is 0 Å². The van der Waals surface area contributed by atoms with Gasteiger partial charge in [-0.3, -0.25) is 14.5 Å². The second kappa shape index (κ2) is 12.7. The number of nitrogens with zero attached hydrogens (tertiary/aromatic N) is 4. The van der Waals surface area contributed by atoms with E-state index in [1.54, 1.807) is 42.5 Å². The zero-order chi connectivity index (χ0) is 28.8. The Morgan fingerprint density at radius 2 is 1.76 bits per heavy atom. The summed E-state index contributed by atoms with van der Waals surface area (Å²) in [5, 5.41) is 11.4. The molecule has 1 aliphatic rings. The number of hydrogen-bond acceptors (Lipinski definition) is 8. The minimum atomic E-state index is -1.15. The van der Waals surface area contributed by atoms with Crippen LogP contribution in [0, 0.1) is 0 Å². The zero-order valence-electron chi connectivity index (χ0n) is 23.3. The Bertz CT molecular complexity index is 1520. The number of benzene rings is 3. The van der Waals surface area contributed by atoms with Crippen LogP contribution in [0.1, 0.15) is 24.4 Å². The molecule has 1 aromatic heterocycles.